The first kappa shape index (κ1) is 94.2. The summed E-state index contributed by atoms with van der Waals surface area (Å²) < 4.78 is 68.4. The van der Waals surface area contributed by atoms with Crippen LogP contribution in [-0.2, 0) is 65.4 Å². The summed E-state index contributed by atoms with van der Waals surface area (Å²) in [5.41, 5.74) is 0. The molecule has 0 heterocycles. The Balaban J connectivity index is 5.39. The van der Waals surface area contributed by atoms with Gasteiger partial charge in [0.25, 0.3) is 0 Å². The maximum Gasteiger partial charge on any atom is 0.472 e. The number of phosphoric acid groups is 2. The minimum Gasteiger partial charge on any atom is -0.462 e. The van der Waals surface area contributed by atoms with Gasteiger partial charge in [-0.3, -0.25) is 37.3 Å². The lowest BCUT2D eigenvalue weighted by molar-refractivity contribution is -0.161. The molecular weight excluding hydrogens is 1280 g/mol. The van der Waals surface area contributed by atoms with Gasteiger partial charge in [0.1, 0.15) is 19.3 Å². The number of rotatable bonds is 73. The van der Waals surface area contributed by atoms with Gasteiger partial charge in [-0.25, -0.2) is 9.13 Å². The lowest BCUT2D eigenvalue weighted by Crippen LogP contribution is -2.30. The van der Waals surface area contributed by atoms with Crippen LogP contribution in [-0.4, -0.2) is 96.7 Å². The average molecular weight is 1420 g/mol. The molecule has 0 aliphatic carbocycles. The summed E-state index contributed by atoms with van der Waals surface area (Å²) in [4.78, 5) is 72.8. The molecule has 0 radical (unpaired) electrons. The molecule has 2 unspecified atom stereocenters. The van der Waals surface area contributed by atoms with Crippen LogP contribution in [0, 0.1) is 0 Å². The molecule has 98 heavy (non-hydrogen) atoms. The summed E-state index contributed by atoms with van der Waals surface area (Å²) >= 11 is 0. The van der Waals surface area contributed by atoms with Crippen molar-refractivity contribution >= 4 is 39.5 Å². The normalized spacial score (nSPS) is 14.4. The van der Waals surface area contributed by atoms with Crippen LogP contribution in [0.2, 0.25) is 0 Å². The number of esters is 4. The van der Waals surface area contributed by atoms with E-state index in [0.717, 1.165) is 135 Å². The second kappa shape index (κ2) is 71.6. The van der Waals surface area contributed by atoms with Gasteiger partial charge >= 0.3 is 39.5 Å². The molecule has 0 amide bonds. The third kappa shape index (κ3) is 70.7. The first-order valence-corrected chi connectivity index (χ1v) is 41.8. The number of hydrogen-bond donors (Lipinski definition) is 3. The van der Waals surface area contributed by atoms with Crippen molar-refractivity contribution in [3.63, 3.8) is 0 Å². The van der Waals surface area contributed by atoms with Crippen molar-refractivity contribution < 1.29 is 80.2 Å². The highest BCUT2D eigenvalue weighted by Gasteiger charge is 2.30. The molecule has 0 aromatic carbocycles. The second-order valence-corrected chi connectivity index (χ2v) is 28.9. The zero-order valence-corrected chi connectivity index (χ0v) is 63.7. The van der Waals surface area contributed by atoms with Crippen molar-refractivity contribution in [1.29, 1.82) is 0 Å². The van der Waals surface area contributed by atoms with E-state index in [9.17, 15) is 43.2 Å². The van der Waals surface area contributed by atoms with Gasteiger partial charge in [0.05, 0.1) is 26.4 Å². The number of ether oxygens (including phenoxy) is 4. The van der Waals surface area contributed by atoms with E-state index in [2.05, 4.69) is 101 Å². The van der Waals surface area contributed by atoms with Crippen LogP contribution in [0.5, 0.6) is 0 Å². The van der Waals surface area contributed by atoms with Crippen LogP contribution in [0.15, 0.2) is 85.1 Å². The Morgan fingerprint density at radius 2 is 0.510 bits per heavy atom. The average Bonchev–Trinajstić information content (AvgIpc) is 0.962. The number of carbonyl (C=O) groups is 4. The molecule has 17 nitrogen and oxygen atoms in total. The second-order valence-electron chi connectivity index (χ2n) is 25.9. The highest BCUT2D eigenvalue weighted by Crippen LogP contribution is 2.45. The molecule has 568 valence electrons. The Kier molecular flexibility index (Phi) is 68.9. The molecule has 0 aromatic rings. The summed E-state index contributed by atoms with van der Waals surface area (Å²) in [6.07, 6.45) is 72.9. The van der Waals surface area contributed by atoms with Crippen molar-refractivity contribution in [3.8, 4) is 0 Å². The fraction of sp³-hybridized carbons (Fsp3) is 0.772. The quantitative estimate of drug-likeness (QED) is 0.0169. The summed E-state index contributed by atoms with van der Waals surface area (Å²) in [6, 6.07) is 0. The van der Waals surface area contributed by atoms with Gasteiger partial charge in [-0.15, -0.1) is 0 Å². The minimum atomic E-state index is -4.98. The van der Waals surface area contributed by atoms with Crippen LogP contribution < -0.4 is 0 Å². The zero-order chi connectivity index (χ0) is 71.8. The van der Waals surface area contributed by atoms with Crippen LogP contribution >= 0.6 is 15.6 Å². The summed E-state index contributed by atoms with van der Waals surface area (Å²) in [5.74, 6) is -2.25. The van der Waals surface area contributed by atoms with Crippen molar-refractivity contribution in [2.45, 2.75) is 354 Å². The molecule has 0 saturated carbocycles. The highest BCUT2D eigenvalue weighted by molar-refractivity contribution is 7.47. The van der Waals surface area contributed by atoms with E-state index in [1.54, 1.807) is 0 Å². The summed E-state index contributed by atoms with van der Waals surface area (Å²) in [7, 11) is -9.96. The molecule has 0 saturated heterocycles. The van der Waals surface area contributed by atoms with E-state index < -0.39 is 97.5 Å². The van der Waals surface area contributed by atoms with E-state index >= 15 is 0 Å². The predicted octanol–water partition coefficient (Wildman–Crippen LogP) is 22.2. The van der Waals surface area contributed by atoms with Gasteiger partial charge in [0.2, 0.25) is 0 Å². The first-order valence-electron chi connectivity index (χ1n) is 38.8. The maximum absolute atomic E-state index is 13.1. The number of aliphatic hydroxyl groups excluding tert-OH is 1. The SMILES string of the molecule is CCCCC/C=C\C/C=C\C/C=C\C/C=C\CCCC(=O)OC[C@H](COP(=O)(O)OC[C@H](O)COP(=O)(O)OC[C@@H](COC(=O)CCCCCCC/C=C\CCCCCC)OC(=O)CCCCCCC/C=C\C/C=C\CCCCC)OC(=O)CCCCCCCCCCCCCCC. The fourth-order valence-electron chi connectivity index (χ4n) is 10.4. The lowest BCUT2D eigenvalue weighted by Gasteiger charge is -2.21. The molecule has 0 aliphatic rings. The van der Waals surface area contributed by atoms with Crippen molar-refractivity contribution in [3.05, 3.63) is 85.1 Å². The Morgan fingerprint density at radius 1 is 0.286 bits per heavy atom. The van der Waals surface area contributed by atoms with E-state index in [0.29, 0.717) is 32.1 Å². The van der Waals surface area contributed by atoms with Gasteiger partial charge in [0, 0.05) is 25.7 Å². The molecule has 5 atom stereocenters. The Bertz CT molecular complexity index is 2190. The molecule has 19 heteroatoms. The van der Waals surface area contributed by atoms with Crippen molar-refractivity contribution in [1.82, 2.24) is 0 Å². The number of allylic oxidation sites excluding steroid dienone is 14. The topological polar surface area (TPSA) is 237 Å². The number of aliphatic hydroxyl groups is 1. The molecule has 0 spiro atoms. The summed E-state index contributed by atoms with van der Waals surface area (Å²) in [5, 5.41) is 10.6. The Labute approximate surface area is 595 Å². The van der Waals surface area contributed by atoms with Gasteiger partial charge < -0.3 is 33.8 Å². The third-order valence-electron chi connectivity index (χ3n) is 16.3. The van der Waals surface area contributed by atoms with E-state index in [-0.39, 0.29) is 25.7 Å². The maximum atomic E-state index is 13.1. The number of hydrogen-bond acceptors (Lipinski definition) is 15. The van der Waals surface area contributed by atoms with Gasteiger partial charge in [0.15, 0.2) is 12.2 Å². The van der Waals surface area contributed by atoms with Gasteiger partial charge in [-0.05, 0) is 122 Å². The molecule has 0 rings (SSSR count). The Morgan fingerprint density at radius 3 is 0.847 bits per heavy atom. The molecule has 0 aliphatic heterocycles. The predicted molar refractivity (Wildman–Crippen MR) is 399 cm³/mol. The highest BCUT2D eigenvalue weighted by atomic mass is 31.2. The largest absolute Gasteiger partial charge is 0.472 e. The number of phosphoric ester groups is 2. The van der Waals surface area contributed by atoms with E-state index in [1.807, 2.05) is 12.2 Å². The molecular formula is C79H140O17P2. The molecule has 0 bridgehead atoms. The first-order chi connectivity index (χ1) is 47.7. The standard InChI is InChI=1S/C79H140O17P2/c1-5-9-13-17-21-25-29-33-35-36-38-41-44-48-52-56-60-64-77(82)90-70-74(95-78(83)65-61-57-53-49-45-40-32-28-24-20-16-12-8-4)71-93-97(85,86)91-67-73(80)68-92-98(87,88)94-72-75(69-89-76(81)63-59-55-51-47-43-39-31-27-23-19-15-11-7-3)96-79(84)66-62-58-54-50-46-42-37-34-30-26-22-18-14-10-6-2/h21-22,25-27,31,33-35,37-38,41,48,52,73-75,80H,5-20,23-24,28-30,32,36,39-40,42-47,49-51,53-72H2,1-4H3,(H,85,86)(H,87,88)/b25-21-,26-22-,31-27-,35-33-,37-34-,41-38-,52-48-/t73-,74+,75+/m0/s1. The van der Waals surface area contributed by atoms with E-state index in [4.69, 9.17) is 37.0 Å². The van der Waals surface area contributed by atoms with Crippen LogP contribution in [0.1, 0.15) is 336 Å². The van der Waals surface area contributed by atoms with Gasteiger partial charge in [-0.1, -0.05) is 273 Å². The number of unbranched alkanes of at least 4 members (excludes halogenated alkanes) is 33. The van der Waals surface area contributed by atoms with Gasteiger partial charge in [-0.2, -0.15) is 0 Å². The summed E-state index contributed by atoms with van der Waals surface area (Å²) in [6.45, 7) is 4.75. The smallest absolute Gasteiger partial charge is 0.462 e. The van der Waals surface area contributed by atoms with Crippen LogP contribution in [0.4, 0.5) is 0 Å². The lowest BCUT2D eigenvalue weighted by atomic mass is 10.0. The third-order valence-corrected chi connectivity index (χ3v) is 18.2. The Hall–Kier alpha value is -3.76. The zero-order valence-electron chi connectivity index (χ0n) is 62.0. The molecule has 0 aromatic heterocycles. The minimum absolute atomic E-state index is 0.0780. The van der Waals surface area contributed by atoms with Crippen LogP contribution in [0.25, 0.3) is 0 Å². The van der Waals surface area contributed by atoms with Crippen molar-refractivity contribution in [2.24, 2.45) is 0 Å². The number of carbonyl (C=O) groups excluding carboxylic acids is 4. The van der Waals surface area contributed by atoms with E-state index in [1.165, 1.54) is 116 Å². The molecule has 3 N–H and O–H groups in total. The van der Waals surface area contributed by atoms with Crippen LogP contribution in [0.3, 0.4) is 0 Å². The van der Waals surface area contributed by atoms with Crippen molar-refractivity contribution in [2.75, 3.05) is 39.6 Å². The monoisotopic (exact) mass is 1420 g/mol. The fourth-order valence-corrected chi connectivity index (χ4v) is 11.9. The molecule has 0 fully saturated rings.